The van der Waals surface area contributed by atoms with Crippen molar-refractivity contribution in [3.63, 3.8) is 0 Å². The molecule has 0 aliphatic heterocycles. The van der Waals surface area contributed by atoms with Gasteiger partial charge in [-0.1, -0.05) is 24.3 Å². The van der Waals surface area contributed by atoms with Crippen molar-refractivity contribution in [2.24, 2.45) is 0 Å². The highest BCUT2D eigenvalue weighted by atomic mass is 16.5. The monoisotopic (exact) mass is 333 g/mol. The largest absolute Gasteiger partial charge is 0.550 e. The molecule has 1 aromatic heterocycles. The first-order valence-electron chi connectivity index (χ1n) is 7.52. The fraction of sp³-hybridized carbons (Fsp3) is 0.105. The van der Waals surface area contributed by atoms with E-state index in [-0.39, 0.29) is 18.9 Å². The second-order valence-electron chi connectivity index (χ2n) is 5.22. The molecule has 3 aromatic rings. The molecule has 0 aliphatic rings. The molecule has 0 saturated carbocycles. The maximum Gasteiger partial charge on any atom is 0.223 e. The predicted molar refractivity (Wildman–Crippen MR) is 89.1 cm³/mol. The number of hydrogen-bond acceptors (Lipinski definition) is 6. The van der Waals surface area contributed by atoms with Crippen LogP contribution in [0.1, 0.15) is 17.9 Å². The molecule has 0 bridgehead atoms. The topological polar surface area (TPSA) is 99.2 Å². The average molecular weight is 333 g/mol. The van der Waals surface area contributed by atoms with Gasteiger partial charge in [0.15, 0.2) is 12.2 Å². The number of aromatic nitrogens is 1. The average Bonchev–Trinajstić information content (AvgIpc) is 3.04. The van der Waals surface area contributed by atoms with Crippen LogP contribution in [0, 0.1) is 11.3 Å². The number of carbonyl (C=O) groups excluding carboxylic acids is 1. The third-order valence-corrected chi connectivity index (χ3v) is 3.43. The molecular weight excluding hydrogens is 320 g/mol. The first kappa shape index (κ1) is 16.3. The van der Waals surface area contributed by atoms with E-state index >= 15 is 0 Å². The van der Waals surface area contributed by atoms with Gasteiger partial charge in [-0.25, -0.2) is 4.98 Å². The lowest BCUT2D eigenvalue weighted by Gasteiger charge is -2.06. The number of benzene rings is 2. The van der Waals surface area contributed by atoms with Crippen molar-refractivity contribution in [2.45, 2.75) is 6.42 Å². The first-order valence-corrected chi connectivity index (χ1v) is 7.52. The van der Waals surface area contributed by atoms with E-state index in [1.54, 1.807) is 42.5 Å². The SMILES string of the molecule is N#CCOc1ccc(/C=C(\CC(=O)[O-])c2nc3ccccc3o2)cc1. The number of aliphatic carboxylic acids is 1. The summed E-state index contributed by atoms with van der Waals surface area (Å²) in [7, 11) is 0. The summed E-state index contributed by atoms with van der Waals surface area (Å²) in [6.45, 7) is -0.0337. The Morgan fingerprint density at radius 2 is 2.00 bits per heavy atom. The van der Waals surface area contributed by atoms with Gasteiger partial charge in [0.25, 0.3) is 0 Å². The lowest BCUT2D eigenvalue weighted by atomic mass is 10.1. The van der Waals surface area contributed by atoms with Gasteiger partial charge in [-0.15, -0.1) is 0 Å². The van der Waals surface area contributed by atoms with Crippen LogP contribution in [0.25, 0.3) is 22.7 Å². The number of hydrogen-bond donors (Lipinski definition) is 0. The molecule has 6 heteroatoms. The van der Waals surface area contributed by atoms with Crippen LogP contribution in [0.4, 0.5) is 0 Å². The van der Waals surface area contributed by atoms with Crippen LogP contribution in [0.15, 0.2) is 52.9 Å². The highest BCUT2D eigenvalue weighted by Gasteiger charge is 2.11. The molecule has 0 radical (unpaired) electrons. The summed E-state index contributed by atoms with van der Waals surface area (Å²) in [6.07, 6.45) is 1.36. The number of carboxylic acids is 1. The van der Waals surface area contributed by atoms with Crippen molar-refractivity contribution in [2.75, 3.05) is 6.61 Å². The van der Waals surface area contributed by atoms with E-state index in [2.05, 4.69) is 4.98 Å². The van der Waals surface area contributed by atoms with Crippen LogP contribution in [-0.4, -0.2) is 17.6 Å². The van der Waals surface area contributed by atoms with E-state index in [4.69, 9.17) is 14.4 Å². The lowest BCUT2D eigenvalue weighted by molar-refractivity contribution is -0.304. The molecule has 0 amide bonds. The number of carboxylic acid groups (broad SMARTS) is 1. The summed E-state index contributed by atoms with van der Waals surface area (Å²) in [5, 5.41) is 19.6. The number of nitriles is 1. The second kappa shape index (κ2) is 7.32. The van der Waals surface area contributed by atoms with Crippen LogP contribution in [0.3, 0.4) is 0 Å². The van der Waals surface area contributed by atoms with Crippen molar-refractivity contribution in [3.8, 4) is 11.8 Å². The Morgan fingerprint density at radius 3 is 2.68 bits per heavy atom. The molecule has 1 heterocycles. The van der Waals surface area contributed by atoms with Gasteiger partial charge in [-0.3, -0.25) is 0 Å². The summed E-state index contributed by atoms with van der Waals surface area (Å²) >= 11 is 0. The molecule has 0 fully saturated rings. The summed E-state index contributed by atoms with van der Waals surface area (Å²) in [6, 6.07) is 16.0. The highest BCUT2D eigenvalue weighted by Crippen LogP contribution is 2.25. The Labute approximate surface area is 143 Å². The molecule has 0 unspecified atom stereocenters. The fourth-order valence-corrected chi connectivity index (χ4v) is 2.33. The number of carbonyl (C=O) groups is 1. The van der Waals surface area contributed by atoms with E-state index in [0.29, 0.717) is 22.4 Å². The Hall–Kier alpha value is -3.59. The van der Waals surface area contributed by atoms with Crippen molar-refractivity contribution in [1.82, 2.24) is 4.98 Å². The van der Waals surface area contributed by atoms with Crippen LogP contribution in [0.5, 0.6) is 5.75 Å². The minimum atomic E-state index is -1.22. The normalized spacial score (nSPS) is 11.2. The minimum absolute atomic E-state index is 0.0337. The standard InChI is InChI=1S/C19H14N2O4/c20-9-10-24-15-7-5-13(6-8-15)11-14(12-18(22)23)19-21-16-3-1-2-4-17(16)25-19/h1-8,11H,10,12H2,(H,22,23)/p-1/b14-11+. The quantitative estimate of drug-likeness (QED) is 0.687. The van der Waals surface area contributed by atoms with Crippen LogP contribution in [-0.2, 0) is 4.79 Å². The zero-order valence-corrected chi connectivity index (χ0v) is 13.1. The van der Waals surface area contributed by atoms with Gasteiger partial charge in [-0.2, -0.15) is 5.26 Å². The number of ether oxygens (including phenoxy) is 1. The summed E-state index contributed by atoms with van der Waals surface area (Å²) in [4.78, 5) is 15.4. The van der Waals surface area contributed by atoms with E-state index in [1.807, 2.05) is 18.2 Å². The molecule has 0 spiro atoms. The molecule has 25 heavy (non-hydrogen) atoms. The van der Waals surface area contributed by atoms with Gasteiger partial charge in [0.05, 0.1) is 0 Å². The maximum atomic E-state index is 11.1. The molecular formula is C19H13N2O4-. The zero-order valence-electron chi connectivity index (χ0n) is 13.1. The predicted octanol–water partition coefficient (Wildman–Crippen LogP) is 2.41. The number of para-hydroxylation sites is 2. The van der Waals surface area contributed by atoms with Crippen molar-refractivity contribution >= 4 is 28.7 Å². The molecule has 0 atom stereocenters. The summed E-state index contributed by atoms with van der Waals surface area (Å²) < 4.78 is 10.8. The highest BCUT2D eigenvalue weighted by molar-refractivity contribution is 5.90. The van der Waals surface area contributed by atoms with E-state index in [0.717, 1.165) is 5.56 Å². The molecule has 0 N–H and O–H groups in total. The zero-order chi connectivity index (χ0) is 17.6. The van der Waals surface area contributed by atoms with Crippen molar-refractivity contribution < 1.29 is 19.1 Å². The Balaban J connectivity index is 1.93. The smallest absolute Gasteiger partial charge is 0.223 e. The molecule has 124 valence electrons. The Kier molecular flexibility index (Phi) is 4.77. The van der Waals surface area contributed by atoms with Gasteiger partial charge in [-0.05, 0) is 35.9 Å². The van der Waals surface area contributed by atoms with Gasteiger partial charge in [0, 0.05) is 18.0 Å². The van der Waals surface area contributed by atoms with Gasteiger partial charge >= 0.3 is 0 Å². The molecule has 0 saturated heterocycles. The van der Waals surface area contributed by atoms with E-state index in [9.17, 15) is 9.90 Å². The molecule has 0 aliphatic carbocycles. The number of nitrogens with zero attached hydrogens (tertiary/aromatic N) is 2. The van der Waals surface area contributed by atoms with Crippen molar-refractivity contribution in [3.05, 3.63) is 60.0 Å². The number of fused-ring (bicyclic) bond motifs is 1. The fourth-order valence-electron chi connectivity index (χ4n) is 2.33. The maximum absolute atomic E-state index is 11.1. The number of rotatable bonds is 6. The second-order valence-corrected chi connectivity index (χ2v) is 5.22. The lowest BCUT2D eigenvalue weighted by Crippen LogP contribution is -2.22. The van der Waals surface area contributed by atoms with Gasteiger partial charge < -0.3 is 19.1 Å². The van der Waals surface area contributed by atoms with Crippen molar-refractivity contribution in [1.29, 1.82) is 5.26 Å². The first-order chi connectivity index (χ1) is 12.2. The Morgan fingerprint density at radius 1 is 1.24 bits per heavy atom. The van der Waals surface area contributed by atoms with E-state index in [1.165, 1.54) is 0 Å². The summed E-state index contributed by atoms with van der Waals surface area (Å²) in [5.41, 5.74) is 2.40. The van der Waals surface area contributed by atoms with E-state index < -0.39 is 5.97 Å². The molecule has 3 rings (SSSR count). The minimum Gasteiger partial charge on any atom is -0.550 e. The van der Waals surface area contributed by atoms with Crippen LogP contribution >= 0.6 is 0 Å². The molecule has 2 aromatic carbocycles. The number of oxazole rings is 1. The Bertz CT molecular complexity index is 932. The van der Waals surface area contributed by atoms with Gasteiger partial charge in [0.2, 0.25) is 5.89 Å². The summed E-state index contributed by atoms with van der Waals surface area (Å²) in [5.74, 6) is -0.417. The van der Waals surface area contributed by atoms with Crippen LogP contribution < -0.4 is 9.84 Å². The third-order valence-electron chi connectivity index (χ3n) is 3.43. The third kappa shape index (κ3) is 4.03. The van der Waals surface area contributed by atoms with Gasteiger partial charge in [0.1, 0.15) is 17.3 Å². The van der Waals surface area contributed by atoms with Crippen LogP contribution in [0.2, 0.25) is 0 Å². The molecule has 6 nitrogen and oxygen atoms in total.